The van der Waals surface area contributed by atoms with Crippen LogP contribution in [0.15, 0.2) is 0 Å². The van der Waals surface area contributed by atoms with Crippen LogP contribution in [0.3, 0.4) is 0 Å². The fourth-order valence-corrected chi connectivity index (χ4v) is 0.991. The highest BCUT2D eigenvalue weighted by molar-refractivity contribution is 7.80. The van der Waals surface area contributed by atoms with Gasteiger partial charge in [-0.15, -0.1) is 0 Å². The van der Waals surface area contributed by atoms with Crippen molar-refractivity contribution in [2.24, 2.45) is 5.73 Å². The number of thiocarbonyl (C=S) groups is 1. The second-order valence-corrected chi connectivity index (χ2v) is 3.16. The summed E-state index contributed by atoms with van der Waals surface area (Å²) in [5.41, 5.74) is 5.22. The molecular formula is C7H14F2N2OS. The molecule has 6 heteroatoms. The first-order valence-electron chi connectivity index (χ1n) is 3.96. The summed E-state index contributed by atoms with van der Waals surface area (Å²) in [7, 11) is 0. The van der Waals surface area contributed by atoms with Crippen LogP contribution >= 0.6 is 12.2 Å². The Hall–Kier alpha value is -0.330. The van der Waals surface area contributed by atoms with Gasteiger partial charge in [-0.2, -0.15) is 0 Å². The minimum Gasteiger partial charge on any atom is -0.395 e. The SMILES string of the molecule is NC(=S)CCN(CCO)CC(F)F. The second-order valence-electron chi connectivity index (χ2n) is 2.63. The molecule has 3 N–H and O–H groups in total. The Morgan fingerprint density at radius 1 is 1.46 bits per heavy atom. The minimum atomic E-state index is -2.39. The van der Waals surface area contributed by atoms with Crippen molar-refractivity contribution in [3.8, 4) is 0 Å². The Balaban J connectivity index is 3.72. The van der Waals surface area contributed by atoms with Gasteiger partial charge < -0.3 is 10.8 Å². The maximum atomic E-state index is 11.9. The molecule has 0 saturated heterocycles. The van der Waals surface area contributed by atoms with Crippen LogP contribution in [0.4, 0.5) is 8.78 Å². The Kier molecular flexibility index (Phi) is 6.93. The van der Waals surface area contributed by atoms with Crippen molar-refractivity contribution in [2.75, 3.05) is 26.2 Å². The summed E-state index contributed by atoms with van der Waals surface area (Å²) < 4.78 is 23.9. The molecule has 78 valence electrons. The monoisotopic (exact) mass is 212 g/mol. The summed E-state index contributed by atoms with van der Waals surface area (Å²) in [6.45, 7) is 0.125. The third kappa shape index (κ3) is 8.01. The van der Waals surface area contributed by atoms with Crippen molar-refractivity contribution in [3.63, 3.8) is 0 Å². The molecule has 0 atom stereocenters. The van der Waals surface area contributed by atoms with E-state index in [1.165, 1.54) is 4.90 Å². The predicted molar refractivity (Wildman–Crippen MR) is 50.9 cm³/mol. The lowest BCUT2D eigenvalue weighted by atomic mass is 10.3. The lowest BCUT2D eigenvalue weighted by Crippen LogP contribution is -2.34. The zero-order valence-corrected chi connectivity index (χ0v) is 8.07. The van der Waals surface area contributed by atoms with Gasteiger partial charge in [-0.1, -0.05) is 12.2 Å². The second kappa shape index (κ2) is 7.11. The van der Waals surface area contributed by atoms with E-state index in [4.69, 9.17) is 10.8 Å². The number of hydrogen-bond donors (Lipinski definition) is 2. The molecule has 0 aromatic rings. The van der Waals surface area contributed by atoms with Gasteiger partial charge in [0.15, 0.2) is 0 Å². The first-order valence-corrected chi connectivity index (χ1v) is 4.36. The van der Waals surface area contributed by atoms with Gasteiger partial charge >= 0.3 is 0 Å². The molecule has 0 saturated carbocycles. The first-order chi connectivity index (χ1) is 6.06. The average molecular weight is 212 g/mol. The maximum absolute atomic E-state index is 11.9. The van der Waals surface area contributed by atoms with E-state index < -0.39 is 6.43 Å². The molecule has 0 aliphatic rings. The van der Waals surface area contributed by atoms with Gasteiger partial charge in [0.1, 0.15) is 0 Å². The number of rotatable bonds is 7. The lowest BCUT2D eigenvalue weighted by molar-refractivity contribution is 0.0798. The molecule has 0 bridgehead atoms. The van der Waals surface area contributed by atoms with Crippen LogP contribution in [0.2, 0.25) is 0 Å². The van der Waals surface area contributed by atoms with Crippen LogP contribution in [0.5, 0.6) is 0 Å². The van der Waals surface area contributed by atoms with Gasteiger partial charge in [0.2, 0.25) is 0 Å². The molecule has 0 heterocycles. The smallest absolute Gasteiger partial charge is 0.251 e. The molecule has 0 amide bonds. The highest BCUT2D eigenvalue weighted by atomic mass is 32.1. The van der Waals surface area contributed by atoms with Gasteiger partial charge in [-0.25, -0.2) is 8.78 Å². The molecule has 3 nitrogen and oxygen atoms in total. The molecule has 0 aromatic heterocycles. The van der Waals surface area contributed by atoms with E-state index in [1.54, 1.807) is 0 Å². The average Bonchev–Trinajstić information content (AvgIpc) is 1.99. The van der Waals surface area contributed by atoms with Crippen LogP contribution in [0.25, 0.3) is 0 Å². The fraction of sp³-hybridized carbons (Fsp3) is 0.857. The molecule has 0 rings (SSSR count). The van der Waals surface area contributed by atoms with E-state index >= 15 is 0 Å². The first kappa shape index (κ1) is 12.7. The normalized spacial score (nSPS) is 11.2. The molecular weight excluding hydrogens is 198 g/mol. The number of nitrogens with two attached hydrogens (primary N) is 1. The minimum absolute atomic E-state index is 0.135. The summed E-state index contributed by atoms with van der Waals surface area (Å²) in [6.07, 6.45) is -1.99. The third-order valence-corrected chi connectivity index (χ3v) is 1.69. The van der Waals surface area contributed by atoms with E-state index in [-0.39, 0.29) is 19.7 Å². The fourth-order valence-electron chi connectivity index (χ4n) is 0.899. The molecule has 0 fully saturated rings. The van der Waals surface area contributed by atoms with Gasteiger partial charge in [0, 0.05) is 19.5 Å². The van der Waals surface area contributed by atoms with E-state index in [9.17, 15) is 8.78 Å². The van der Waals surface area contributed by atoms with E-state index in [0.717, 1.165) is 0 Å². The van der Waals surface area contributed by atoms with E-state index in [0.29, 0.717) is 18.0 Å². The summed E-state index contributed by atoms with van der Waals surface area (Å²) in [4.78, 5) is 1.74. The van der Waals surface area contributed by atoms with Gasteiger partial charge in [-0.3, -0.25) is 4.90 Å². The van der Waals surface area contributed by atoms with Gasteiger partial charge in [0.05, 0.1) is 18.1 Å². The van der Waals surface area contributed by atoms with Crippen LogP contribution < -0.4 is 5.73 Å². The van der Waals surface area contributed by atoms with Crippen molar-refractivity contribution in [1.82, 2.24) is 4.90 Å². The van der Waals surface area contributed by atoms with E-state index in [2.05, 4.69) is 12.2 Å². The molecule has 13 heavy (non-hydrogen) atoms. The van der Waals surface area contributed by atoms with Crippen LogP contribution in [-0.4, -0.2) is 47.7 Å². The highest BCUT2D eigenvalue weighted by Gasteiger charge is 2.11. The number of alkyl halides is 2. The topological polar surface area (TPSA) is 49.5 Å². The zero-order chi connectivity index (χ0) is 10.3. The highest BCUT2D eigenvalue weighted by Crippen LogP contribution is 1.99. The largest absolute Gasteiger partial charge is 0.395 e. The number of nitrogens with zero attached hydrogens (tertiary/aromatic N) is 1. The van der Waals surface area contributed by atoms with Crippen LogP contribution in [-0.2, 0) is 0 Å². The van der Waals surface area contributed by atoms with Crippen molar-refractivity contribution in [1.29, 1.82) is 0 Å². The quantitative estimate of drug-likeness (QED) is 0.593. The number of aliphatic hydroxyl groups is 1. The Morgan fingerprint density at radius 2 is 2.08 bits per heavy atom. The maximum Gasteiger partial charge on any atom is 0.251 e. The van der Waals surface area contributed by atoms with Crippen molar-refractivity contribution >= 4 is 17.2 Å². The third-order valence-electron chi connectivity index (χ3n) is 1.49. The Morgan fingerprint density at radius 3 is 2.46 bits per heavy atom. The molecule has 0 aliphatic heterocycles. The van der Waals surface area contributed by atoms with Crippen molar-refractivity contribution < 1.29 is 13.9 Å². The molecule has 0 spiro atoms. The lowest BCUT2D eigenvalue weighted by Gasteiger charge is -2.19. The molecule has 0 radical (unpaired) electrons. The summed E-state index contributed by atoms with van der Waals surface area (Å²) in [6, 6.07) is 0. The zero-order valence-electron chi connectivity index (χ0n) is 7.25. The van der Waals surface area contributed by atoms with Crippen LogP contribution in [0.1, 0.15) is 6.42 Å². The summed E-state index contributed by atoms with van der Waals surface area (Å²) in [5.74, 6) is 0. The predicted octanol–water partition coefficient (Wildman–Crippen LogP) is 0.222. The number of aliphatic hydroxyl groups excluding tert-OH is 1. The standard InChI is InChI=1S/C7H14F2N2OS/c8-6(9)5-11(3-4-12)2-1-7(10)13/h6,12H,1-5H2,(H2,10,13). The van der Waals surface area contributed by atoms with Crippen LogP contribution in [0, 0.1) is 0 Å². The molecule has 0 unspecified atom stereocenters. The van der Waals surface area contributed by atoms with Gasteiger partial charge in [-0.05, 0) is 0 Å². The van der Waals surface area contributed by atoms with Gasteiger partial charge in [0.25, 0.3) is 6.43 Å². The van der Waals surface area contributed by atoms with E-state index in [1.807, 2.05) is 0 Å². The number of halogens is 2. The Bertz CT molecular complexity index is 157. The summed E-state index contributed by atoms with van der Waals surface area (Å²) in [5, 5.41) is 8.56. The van der Waals surface area contributed by atoms with Crippen molar-refractivity contribution in [3.05, 3.63) is 0 Å². The number of hydrogen-bond acceptors (Lipinski definition) is 3. The molecule has 0 aromatic carbocycles. The molecule has 0 aliphatic carbocycles. The summed E-state index contributed by atoms with van der Waals surface area (Å²) >= 11 is 4.61. The Labute approximate surface area is 81.5 Å². The van der Waals surface area contributed by atoms with Crippen molar-refractivity contribution in [2.45, 2.75) is 12.8 Å².